The van der Waals surface area contributed by atoms with Gasteiger partial charge < -0.3 is 4.90 Å². The first-order chi connectivity index (χ1) is 12.9. The molecule has 2 aromatic carbocycles. The largest absolute Gasteiger partial charge is 0.329 e. The number of carbonyl (C=O) groups excluding carboxylic acids is 1. The first-order valence-corrected chi connectivity index (χ1v) is 10.6. The molecule has 1 saturated heterocycles. The molecule has 2 bridgehead atoms. The van der Waals surface area contributed by atoms with Gasteiger partial charge in [0.25, 0.3) is 15.9 Å². The van der Waals surface area contributed by atoms with Crippen LogP contribution < -0.4 is 4.72 Å². The first-order valence-electron chi connectivity index (χ1n) is 9.13. The van der Waals surface area contributed by atoms with E-state index in [1.807, 2.05) is 17.9 Å². The number of sulfonamides is 1. The fraction of sp³-hybridized carbons (Fsp3) is 0.286. The smallest absolute Gasteiger partial charge is 0.261 e. The maximum atomic E-state index is 12.9. The van der Waals surface area contributed by atoms with Gasteiger partial charge in [0.1, 0.15) is 0 Å². The highest BCUT2D eigenvalue weighted by Gasteiger charge is 2.37. The van der Waals surface area contributed by atoms with Crippen molar-refractivity contribution in [1.29, 1.82) is 0 Å². The molecule has 0 spiro atoms. The van der Waals surface area contributed by atoms with Crippen LogP contribution >= 0.6 is 0 Å². The lowest BCUT2D eigenvalue weighted by atomic mass is 10.1. The minimum absolute atomic E-state index is 0.0138. The number of anilines is 1. The number of hydrogen-bond donors (Lipinski definition) is 1. The number of fused-ring (bicyclic) bond motifs is 2. The maximum Gasteiger partial charge on any atom is 0.261 e. The van der Waals surface area contributed by atoms with Crippen molar-refractivity contribution in [2.45, 2.75) is 43.2 Å². The molecule has 0 saturated carbocycles. The topological polar surface area (TPSA) is 66.5 Å². The summed E-state index contributed by atoms with van der Waals surface area (Å²) in [6.45, 7) is 1.85. The maximum absolute atomic E-state index is 12.9. The van der Waals surface area contributed by atoms with E-state index in [1.54, 1.807) is 42.5 Å². The number of aryl methyl sites for hydroxylation is 1. The summed E-state index contributed by atoms with van der Waals surface area (Å²) in [5, 5.41) is 0. The number of nitrogens with zero attached hydrogens (tertiary/aromatic N) is 1. The Labute approximate surface area is 159 Å². The molecule has 2 aliphatic rings. The van der Waals surface area contributed by atoms with Crippen LogP contribution in [0.3, 0.4) is 0 Å². The van der Waals surface area contributed by atoms with Gasteiger partial charge in [-0.3, -0.25) is 9.52 Å². The van der Waals surface area contributed by atoms with Crippen LogP contribution in [0.4, 0.5) is 5.69 Å². The summed E-state index contributed by atoms with van der Waals surface area (Å²) < 4.78 is 27.6. The molecule has 0 aromatic heterocycles. The third-order valence-electron chi connectivity index (χ3n) is 5.23. The summed E-state index contributed by atoms with van der Waals surface area (Å²) in [6.07, 6.45) is 7.25. The molecule has 140 valence electrons. The third-order valence-corrected chi connectivity index (χ3v) is 6.61. The summed E-state index contributed by atoms with van der Waals surface area (Å²) in [5.41, 5.74) is 1.90. The number of hydrogen-bond acceptors (Lipinski definition) is 3. The van der Waals surface area contributed by atoms with Crippen molar-refractivity contribution in [2.24, 2.45) is 0 Å². The molecule has 5 nitrogen and oxygen atoms in total. The van der Waals surface area contributed by atoms with Gasteiger partial charge in [-0.25, -0.2) is 8.42 Å². The normalized spacial score (nSPS) is 21.3. The van der Waals surface area contributed by atoms with Crippen LogP contribution in [0.25, 0.3) is 0 Å². The van der Waals surface area contributed by atoms with Crippen molar-refractivity contribution in [2.75, 3.05) is 4.72 Å². The van der Waals surface area contributed by atoms with E-state index >= 15 is 0 Å². The molecular weight excluding hydrogens is 360 g/mol. The third kappa shape index (κ3) is 3.49. The molecule has 2 aromatic rings. The molecular formula is C21H22N2O3S. The Morgan fingerprint density at radius 3 is 2.59 bits per heavy atom. The highest BCUT2D eigenvalue weighted by atomic mass is 32.2. The molecule has 0 radical (unpaired) electrons. The summed E-state index contributed by atoms with van der Waals surface area (Å²) >= 11 is 0. The highest BCUT2D eigenvalue weighted by molar-refractivity contribution is 7.92. The summed E-state index contributed by atoms with van der Waals surface area (Å²) in [7, 11) is -3.65. The van der Waals surface area contributed by atoms with Gasteiger partial charge >= 0.3 is 0 Å². The summed E-state index contributed by atoms with van der Waals surface area (Å²) in [6, 6.07) is 13.9. The zero-order valence-electron chi connectivity index (χ0n) is 15.1. The monoisotopic (exact) mass is 382 g/mol. The Kier molecular flexibility index (Phi) is 4.52. The van der Waals surface area contributed by atoms with Crippen LogP contribution in [0.5, 0.6) is 0 Å². The summed E-state index contributed by atoms with van der Waals surface area (Å²) in [4.78, 5) is 15.1. The van der Waals surface area contributed by atoms with Crippen molar-refractivity contribution in [3.05, 3.63) is 71.8 Å². The van der Waals surface area contributed by atoms with E-state index in [0.29, 0.717) is 11.3 Å². The number of rotatable bonds is 4. The van der Waals surface area contributed by atoms with E-state index in [1.165, 1.54) is 0 Å². The molecule has 0 aliphatic carbocycles. The fourth-order valence-electron chi connectivity index (χ4n) is 3.87. The molecule has 1 N–H and O–H groups in total. The van der Waals surface area contributed by atoms with Gasteiger partial charge in [0.05, 0.1) is 10.9 Å². The lowest BCUT2D eigenvalue weighted by molar-refractivity contribution is 0.0689. The Hall–Kier alpha value is -2.60. The Balaban J connectivity index is 1.51. The van der Waals surface area contributed by atoms with Gasteiger partial charge in [0.15, 0.2) is 0 Å². The van der Waals surface area contributed by atoms with E-state index in [0.717, 1.165) is 24.8 Å². The summed E-state index contributed by atoms with van der Waals surface area (Å²) in [5.74, 6) is 0.0138. The van der Waals surface area contributed by atoms with Gasteiger partial charge in [-0.05, 0) is 68.1 Å². The average Bonchev–Trinajstić information content (AvgIpc) is 2.90. The van der Waals surface area contributed by atoms with Gasteiger partial charge in [-0.2, -0.15) is 0 Å². The molecule has 2 atom stereocenters. The molecule has 27 heavy (non-hydrogen) atoms. The average molecular weight is 382 g/mol. The number of amides is 1. The second-order valence-electron chi connectivity index (χ2n) is 7.17. The van der Waals surface area contributed by atoms with Crippen molar-refractivity contribution in [3.8, 4) is 0 Å². The Morgan fingerprint density at radius 1 is 1.11 bits per heavy atom. The van der Waals surface area contributed by atoms with Crippen molar-refractivity contribution >= 4 is 21.6 Å². The van der Waals surface area contributed by atoms with E-state index in [2.05, 4.69) is 16.9 Å². The lowest BCUT2D eigenvalue weighted by Gasteiger charge is -2.31. The predicted molar refractivity (Wildman–Crippen MR) is 105 cm³/mol. The SMILES string of the molecule is Cc1cccc(S(=O)(=O)Nc2ccc(C(=O)N3C4C=CCC3CC4)cc2)c1. The van der Waals surface area contributed by atoms with Crippen molar-refractivity contribution < 1.29 is 13.2 Å². The first kappa shape index (κ1) is 17.8. The second kappa shape index (κ2) is 6.85. The fourth-order valence-corrected chi connectivity index (χ4v) is 5.03. The van der Waals surface area contributed by atoms with Gasteiger partial charge in [-0.1, -0.05) is 24.3 Å². The van der Waals surface area contributed by atoms with Crippen LogP contribution in [0.2, 0.25) is 0 Å². The van der Waals surface area contributed by atoms with E-state index in [9.17, 15) is 13.2 Å². The van der Waals surface area contributed by atoms with E-state index in [-0.39, 0.29) is 22.9 Å². The molecule has 2 aliphatic heterocycles. The van der Waals surface area contributed by atoms with Crippen LogP contribution in [0.15, 0.2) is 65.6 Å². The molecule has 1 amide bonds. The molecule has 1 fully saturated rings. The van der Waals surface area contributed by atoms with E-state index in [4.69, 9.17) is 0 Å². The van der Waals surface area contributed by atoms with Crippen LogP contribution in [0, 0.1) is 6.92 Å². The van der Waals surface area contributed by atoms with Crippen LogP contribution in [0.1, 0.15) is 35.2 Å². The van der Waals surface area contributed by atoms with Crippen molar-refractivity contribution in [1.82, 2.24) is 4.90 Å². The Bertz CT molecular complexity index is 996. The predicted octanol–water partition coefficient (Wildman–Crippen LogP) is 3.73. The Morgan fingerprint density at radius 2 is 1.89 bits per heavy atom. The lowest BCUT2D eigenvalue weighted by Crippen LogP contribution is -2.42. The minimum atomic E-state index is -3.65. The van der Waals surface area contributed by atoms with Gasteiger partial charge in [0, 0.05) is 17.3 Å². The van der Waals surface area contributed by atoms with Crippen LogP contribution in [-0.4, -0.2) is 31.3 Å². The second-order valence-corrected chi connectivity index (χ2v) is 8.86. The quantitative estimate of drug-likeness (QED) is 0.820. The van der Waals surface area contributed by atoms with Gasteiger partial charge in [-0.15, -0.1) is 0 Å². The number of carbonyl (C=O) groups is 1. The molecule has 2 unspecified atom stereocenters. The standard InChI is InChI=1S/C21H22N2O3S/c1-15-4-2-7-20(14-15)27(25,26)22-17-10-8-16(9-11-17)21(24)23-18-5-3-6-19(23)13-12-18/h2-5,7-11,14,18-19,22H,6,12-13H2,1H3. The molecule has 6 heteroatoms. The zero-order valence-corrected chi connectivity index (χ0v) is 15.9. The van der Waals surface area contributed by atoms with Crippen molar-refractivity contribution in [3.63, 3.8) is 0 Å². The number of nitrogens with one attached hydrogen (secondary N) is 1. The zero-order chi connectivity index (χ0) is 19.0. The molecule has 4 rings (SSSR count). The van der Waals surface area contributed by atoms with Crippen LogP contribution in [-0.2, 0) is 10.0 Å². The number of benzene rings is 2. The van der Waals surface area contributed by atoms with Gasteiger partial charge in [0.2, 0.25) is 0 Å². The molecule has 2 heterocycles. The minimum Gasteiger partial charge on any atom is -0.329 e. The van der Waals surface area contributed by atoms with E-state index < -0.39 is 10.0 Å². The highest BCUT2D eigenvalue weighted by Crippen LogP contribution is 2.33.